The predicted molar refractivity (Wildman–Crippen MR) is 80.3 cm³/mol. The minimum absolute atomic E-state index is 0.740. The average molecular weight is 267 g/mol. The topological polar surface area (TPSA) is 68.2 Å². The van der Waals surface area contributed by atoms with Crippen molar-refractivity contribution < 1.29 is 0 Å². The number of fused-ring (bicyclic) bond motifs is 1. The number of nitrogens with one attached hydrogen (secondary N) is 1. The normalized spacial score (nSPS) is 10.9. The molecule has 0 aliphatic rings. The lowest BCUT2D eigenvalue weighted by atomic mass is 10.0. The second-order valence-corrected chi connectivity index (χ2v) is 4.70. The molecule has 5 heteroatoms. The van der Waals surface area contributed by atoms with Gasteiger partial charge in [0, 0.05) is 17.3 Å². The average Bonchev–Trinajstić information content (AvgIpc) is 2.85. The fourth-order valence-corrected chi connectivity index (χ4v) is 2.43. The Bertz CT molecular complexity index is 746. The second kappa shape index (κ2) is 4.94. The van der Waals surface area contributed by atoms with Gasteiger partial charge in [0.15, 0.2) is 5.65 Å². The van der Waals surface area contributed by atoms with Crippen LogP contribution in [0.15, 0.2) is 36.4 Å². The van der Waals surface area contributed by atoms with Crippen molar-refractivity contribution in [2.45, 2.75) is 20.3 Å². The first-order chi connectivity index (χ1) is 9.74. The number of benzene rings is 1. The van der Waals surface area contributed by atoms with Crippen molar-refractivity contribution in [3.63, 3.8) is 0 Å². The Kier molecular flexibility index (Phi) is 3.12. The monoisotopic (exact) mass is 267 g/mol. The van der Waals surface area contributed by atoms with Crippen LogP contribution in [0.4, 0.5) is 5.82 Å². The lowest BCUT2D eigenvalue weighted by Crippen LogP contribution is -2.12. The molecule has 0 bridgehead atoms. The molecule has 0 aliphatic carbocycles. The number of nitrogens with zero attached hydrogens (tertiary/aromatic N) is 3. The van der Waals surface area contributed by atoms with Gasteiger partial charge in [0.05, 0.1) is 5.69 Å². The smallest absolute Gasteiger partial charge is 0.165 e. The number of hydrogen-bond donors (Lipinski definition) is 2. The third-order valence-corrected chi connectivity index (χ3v) is 3.33. The van der Waals surface area contributed by atoms with Gasteiger partial charge < -0.3 is 5.43 Å². The van der Waals surface area contributed by atoms with Crippen molar-refractivity contribution >= 4 is 11.5 Å². The minimum atomic E-state index is 0.740. The molecule has 0 amide bonds. The van der Waals surface area contributed by atoms with Crippen LogP contribution in [0.25, 0.3) is 16.8 Å². The molecule has 0 saturated heterocycles. The van der Waals surface area contributed by atoms with E-state index >= 15 is 0 Å². The van der Waals surface area contributed by atoms with Gasteiger partial charge in [-0.2, -0.15) is 9.61 Å². The Morgan fingerprint density at radius 2 is 2.00 bits per heavy atom. The van der Waals surface area contributed by atoms with Crippen LogP contribution in [0.2, 0.25) is 0 Å². The summed E-state index contributed by atoms with van der Waals surface area (Å²) in [5.74, 6) is 6.33. The van der Waals surface area contributed by atoms with E-state index in [4.69, 9.17) is 5.84 Å². The highest BCUT2D eigenvalue weighted by atomic mass is 15.4. The Balaban J connectivity index is 2.38. The zero-order chi connectivity index (χ0) is 14.1. The number of aryl methyl sites for hydroxylation is 2. The van der Waals surface area contributed by atoms with Gasteiger partial charge in [0.2, 0.25) is 0 Å². The van der Waals surface area contributed by atoms with Gasteiger partial charge in [-0.15, -0.1) is 0 Å². The molecule has 0 unspecified atom stereocenters. The summed E-state index contributed by atoms with van der Waals surface area (Å²) in [6.07, 6.45) is 0.844. The van der Waals surface area contributed by atoms with Crippen LogP contribution >= 0.6 is 0 Å². The zero-order valence-corrected chi connectivity index (χ0v) is 11.6. The summed E-state index contributed by atoms with van der Waals surface area (Å²) in [5, 5.41) is 4.63. The fraction of sp³-hybridized carbons (Fsp3) is 0.200. The van der Waals surface area contributed by atoms with Gasteiger partial charge in [0.25, 0.3) is 0 Å². The first kappa shape index (κ1) is 12.6. The van der Waals surface area contributed by atoms with Gasteiger partial charge in [0.1, 0.15) is 5.82 Å². The summed E-state index contributed by atoms with van der Waals surface area (Å²) in [5.41, 5.74) is 7.65. The number of rotatable bonds is 3. The fourth-order valence-electron chi connectivity index (χ4n) is 2.43. The molecule has 0 radical (unpaired) electrons. The maximum atomic E-state index is 5.59. The minimum Gasteiger partial charge on any atom is -0.308 e. The van der Waals surface area contributed by atoms with Gasteiger partial charge in [-0.05, 0) is 18.9 Å². The highest BCUT2D eigenvalue weighted by Gasteiger charge is 2.16. The number of hydrazine groups is 1. The van der Waals surface area contributed by atoms with Gasteiger partial charge in [-0.1, -0.05) is 37.3 Å². The van der Waals surface area contributed by atoms with E-state index in [9.17, 15) is 0 Å². The van der Waals surface area contributed by atoms with E-state index in [1.165, 1.54) is 0 Å². The van der Waals surface area contributed by atoms with Crippen LogP contribution < -0.4 is 11.3 Å². The van der Waals surface area contributed by atoms with E-state index in [2.05, 4.69) is 34.6 Å². The summed E-state index contributed by atoms with van der Waals surface area (Å²) < 4.78 is 1.77. The first-order valence-corrected chi connectivity index (χ1v) is 6.66. The highest BCUT2D eigenvalue weighted by molar-refractivity contribution is 5.81. The number of aromatic nitrogens is 3. The quantitative estimate of drug-likeness (QED) is 0.565. The molecule has 2 heterocycles. The molecule has 3 aromatic rings. The summed E-state index contributed by atoms with van der Waals surface area (Å²) >= 11 is 0. The van der Waals surface area contributed by atoms with E-state index in [1.807, 2.05) is 31.2 Å². The van der Waals surface area contributed by atoms with E-state index in [0.717, 1.165) is 40.4 Å². The molecule has 3 N–H and O–H groups in total. The van der Waals surface area contributed by atoms with E-state index in [-0.39, 0.29) is 0 Å². The number of hydrogen-bond acceptors (Lipinski definition) is 4. The third-order valence-electron chi connectivity index (χ3n) is 3.33. The number of anilines is 1. The molecule has 0 aliphatic heterocycles. The molecule has 0 saturated carbocycles. The van der Waals surface area contributed by atoms with Crippen LogP contribution in [-0.4, -0.2) is 14.6 Å². The molecule has 0 atom stereocenters. The first-order valence-electron chi connectivity index (χ1n) is 6.66. The van der Waals surface area contributed by atoms with Crippen LogP contribution in [0.3, 0.4) is 0 Å². The van der Waals surface area contributed by atoms with Crippen molar-refractivity contribution in [1.29, 1.82) is 0 Å². The molecular weight excluding hydrogens is 250 g/mol. The maximum absolute atomic E-state index is 5.59. The number of nitrogens with two attached hydrogens (primary N) is 1. The van der Waals surface area contributed by atoms with E-state index < -0.39 is 0 Å². The predicted octanol–water partition coefficient (Wildman–Crippen LogP) is 2.55. The molecule has 20 heavy (non-hydrogen) atoms. The Morgan fingerprint density at radius 1 is 1.25 bits per heavy atom. The van der Waals surface area contributed by atoms with Crippen molar-refractivity contribution in [2.75, 3.05) is 5.43 Å². The molecule has 5 nitrogen and oxygen atoms in total. The molecular formula is C15H17N5. The molecule has 0 spiro atoms. The van der Waals surface area contributed by atoms with Crippen LogP contribution in [0.5, 0.6) is 0 Å². The summed E-state index contributed by atoms with van der Waals surface area (Å²) in [6.45, 7) is 4.05. The van der Waals surface area contributed by atoms with Crippen molar-refractivity contribution in [2.24, 2.45) is 5.84 Å². The SMILES string of the molecule is CCc1nn2c(NN)cc(C)nc2c1-c1ccccc1. The van der Waals surface area contributed by atoms with Crippen LogP contribution in [0.1, 0.15) is 18.3 Å². The third kappa shape index (κ3) is 1.92. The summed E-state index contributed by atoms with van der Waals surface area (Å²) in [4.78, 5) is 4.63. The van der Waals surface area contributed by atoms with Crippen LogP contribution in [-0.2, 0) is 6.42 Å². The lowest BCUT2D eigenvalue weighted by molar-refractivity contribution is 0.882. The zero-order valence-electron chi connectivity index (χ0n) is 11.6. The molecule has 1 aromatic carbocycles. The van der Waals surface area contributed by atoms with Crippen molar-refractivity contribution in [1.82, 2.24) is 14.6 Å². The molecule has 0 fully saturated rings. The molecule has 3 rings (SSSR count). The molecule has 2 aromatic heterocycles. The van der Waals surface area contributed by atoms with E-state index in [0.29, 0.717) is 0 Å². The Labute approximate surface area is 117 Å². The standard InChI is InChI=1S/C15H17N5/c1-3-12-14(11-7-5-4-6-8-11)15-17-10(2)9-13(18-16)20(15)19-12/h4-9,18H,3,16H2,1-2H3. The Hall–Kier alpha value is -2.40. The molecule has 102 valence electrons. The lowest BCUT2D eigenvalue weighted by Gasteiger charge is -2.05. The van der Waals surface area contributed by atoms with Crippen molar-refractivity contribution in [3.05, 3.63) is 47.8 Å². The Morgan fingerprint density at radius 3 is 2.65 bits per heavy atom. The van der Waals surface area contributed by atoms with E-state index in [1.54, 1.807) is 4.52 Å². The van der Waals surface area contributed by atoms with Gasteiger partial charge >= 0.3 is 0 Å². The van der Waals surface area contributed by atoms with Crippen LogP contribution in [0, 0.1) is 6.92 Å². The second-order valence-electron chi connectivity index (χ2n) is 4.70. The number of nitrogen functional groups attached to an aromatic ring is 1. The maximum Gasteiger partial charge on any atom is 0.165 e. The largest absolute Gasteiger partial charge is 0.308 e. The summed E-state index contributed by atoms with van der Waals surface area (Å²) in [7, 11) is 0. The van der Waals surface area contributed by atoms with Crippen molar-refractivity contribution in [3.8, 4) is 11.1 Å². The summed E-state index contributed by atoms with van der Waals surface area (Å²) in [6, 6.07) is 12.1. The van der Waals surface area contributed by atoms with Gasteiger partial charge in [-0.25, -0.2) is 10.8 Å². The highest BCUT2D eigenvalue weighted by Crippen LogP contribution is 2.29. The van der Waals surface area contributed by atoms with Gasteiger partial charge in [-0.3, -0.25) is 0 Å².